The molecule has 21 heavy (non-hydrogen) atoms. The van der Waals surface area contributed by atoms with Crippen molar-refractivity contribution in [1.29, 1.82) is 0 Å². The number of halogens is 1. The molecule has 0 saturated heterocycles. The molecular weight excluding hydrogens is 294 g/mol. The molecular formula is C15H12ClNO4. The highest BCUT2D eigenvalue weighted by Crippen LogP contribution is 2.21. The number of anilines is 1. The molecule has 2 aromatic rings. The van der Waals surface area contributed by atoms with Crippen LogP contribution in [0.25, 0.3) is 0 Å². The molecule has 0 spiro atoms. The molecule has 0 bridgehead atoms. The summed E-state index contributed by atoms with van der Waals surface area (Å²) in [6.07, 6.45) is 0. The molecule has 2 rings (SSSR count). The Bertz CT molecular complexity index is 683. The number of aromatic carboxylic acids is 1. The maximum atomic E-state index is 12.0. The van der Waals surface area contributed by atoms with Gasteiger partial charge < -0.3 is 15.2 Å². The number of benzene rings is 2. The van der Waals surface area contributed by atoms with Crippen LogP contribution in [0, 0.1) is 0 Å². The summed E-state index contributed by atoms with van der Waals surface area (Å²) in [7, 11) is 1.54. The predicted molar refractivity (Wildman–Crippen MR) is 79.4 cm³/mol. The lowest BCUT2D eigenvalue weighted by molar-refractivity contribution is 0.0697. The molecule has 2 aromatic carbocycles. The van der Waals surface area contributed by atoms with E-state index in [9.17, 15) is 9.59 Å². The Morgan fingerprint density at radius 3 is 2.33 bits per heavy atom. The minimum absolute atomic E-state index is 0.0147. The number of nitrogens with one attached hydrogen (secondary N) is 1. The third-order valence-electron chi connectivity index (χ3n) is 2.81. The van der Waals surface area contributed by atoms with E-state index in [1.807, 2.05) is 0 Å². The summed E-state index contributed by atoms with van der Waals surface area (Å²) in [6, 6.07) is 10.8. The molecule has 0 atom stereocenters. The summed E-state index contributed by atoms with van der Waals surface area (Å²) < 4.78 is 5.01. The quantitative estimate of drug-likeness (QED) is 0.908. The van der Waals surface area contributed by atoms with Crippen LogP contribution in [0.1, 0.15) is 20.7 Å². The summed E-state index contributed by atoms with van der Waals surface area (Å²) in [5.74, 6) is -0.787. The Labute approximate surface area is 126 Å². The van der Waals surface area contributed by atoms with Crippen molar-refractivity contribution >= 4 is 29.2 Å². The normalized spacial score (nSPS) is 10.0. The third kappa shape index (κ3) is 3.52. The summed E-state index contributed by atoms with van der Waals surface area (Å²) in [6.45, 7) is 0. The Balaban J connectivity index is 2.15. The standard InChI is InChI=1S/C15H12ClNO4/c1-21-11-5-2-9(3-6-11)14(18)17-10-4-7-12(15(19)20)13(16)8-10/h2-8H,1H3,(H,17,18)(H,19,20). The van der Waals surface area contributed by atoms with Gasteiger partial charge in [-0.25, -0.2) is 4.79 Å². The van der Waals surface area contributed by atoms with E-state index in [0.29, 0.717) is 17.0 Å². The average Bonchev–Trinajstić information content (AvgIpc) is 2.47. The average molecular weight is 306 g/mol. The van der Waals surface area contributed by atoms with E-state index in [0.717, 1.165) is 0 Å². The van der Waals surface area contributed by atoms with Crippen molar-refractivity contribution in [3.05, 3.63) is 58.6 Å². The topological polar surface area (TPSA) is 75.6 Å². The van der Waals surface area contributed by atoms with Gasteiger partial charge in [0.15, 0.2) is 0 Å². The first-order valence-corrected chi connectivity index (χ1v) is 6.37. The van der Waals surface area contributed by atoms with Crippen molar-refractivity contribution in [2.24, 2.45) is 0 Å². The Morgan fingerprint density at radius 2 is 1.81 bits per heavy atom. The number of carbonyl (C=O) groups is 2. The highest BCUT2D eigenvalue weighted by atomic mass is 35.5. The van der Waals surface area contributed by atoms with E-state index in [1.54, 1.807) is 31.4 Å². The predicted octanol–water partition coefficient (Wildman–Crippen LogP) is 3.30. The van der Waals surface area contributed by atoms with Crippen molar-refractivity contribution in [2.45, 2.75) is 0 Å². The van der Waals surface area contributed by atoms with Crippen LogP contribution < -0.4 is 10.1 Å². The number of amides is 1. The van der Waals surface area contributed by atoms with Crippen LogP contribution >= 0.6 is 11.6 Å². The first-order valence-electron chi connectivity index (χ1n) is 5.99. The largest absolute Gasteiger partial charge is 0.497 e. The van der Waals surface area contributed by atoms with Crippen LogP contribution in [-0.4, -0.2) is 24.1 Å². The van der Waals surface area contributed by atoms with Gasteiger partial charge in [-0.3, -0.25) is 4.79 Å². The van der Waals surface area contributed by atoms with Gasteiger partial charge >= 0.3 is 5.97 Å². The highest BCUT2D eigenvalue weighted by Gasteiger charge is 2.11. The molecule has 0 fully saturated rings. The monoisotopic (exact) mass is 305 g/mol. The molecule has 0 aromatic heterocycles. The fourth-order valence-corrected chi connectivity index (χ4v) is 1.97. The van der Waals surface area contributed by atoms with Crippen molar-refractivity contribution in [3.8, 4) is 5.75 Å². The molecule has 0 aliphatic heterocycles. The second-order valence-electron chi connectivity index (χ2n) is 4.18. The van der Waals surface area contributed by atoms with Crippen LogP contribution in [0.5, 0.6) is 5.75 Å². The van der Waals surface area contributed by atoms with Crippen molar-refractivity contribution in [3.63, 3.8) is 0 Å². The van der Waals surface area contributed by atoms with E-state index < -0.39 is 5.97 Å². The minimum atomic E-state index is -1.12. The maximum absolute atomic E-state index is 12.0. The van der Waals surface area contributed by atoms with E-state index in [2.05, 4.69) is 5.32 Å². The van der Waals surface area contributed by atoms with Crippen LogP contribution in [0.15, 0.2) is 42.5 Å². The van der Waals surface area contributed by atoms with Crippen molar-refractivity contribution < 1.29 is 19.4 Å². The van der Waals surface area contributed by atoms with E-state index in [1.165, 1.54) is 18.2 Å². The molecule has 0 heterocycles. The lowest BCUT2D eigenvalue weighted by Gasteiger charge is -2.07. The number of methoxy groups -OCH3 is 1. The van der Waals surface area contributed by atoms with Gasteiger partial charge in [-0.1, -0.05) is 11.6 Å². The molecule has 0 unspecified atom stereocenters. The van der Waals surface area contributed by atoms with Crippen LogP contribution in [-0.2, 0) is 0 Å². The van der Waals surface area contributed by atoms with E-state index in [4.69, 9.17) is 21.4 Å². The number of rotatable bonds is 4. The fraction of sp³-hybridized carbons (Fsp3) is 0.0667. The lowest BCUT2D eigenvalue weighted by Crippen LogP contribution is -2.12. The van der Waals surface area contributed by atoms with Gasteiger partial charge in [0.25, 0.3) is 5.91 Å². The van der Waals surface area contributed by atoms with Crippen LogP contribution in [0.4, 0.5) is 5.69 Å². The van der Waals surface area contributed by atoms with E-state index >= 15 is 0 Å². The molecule has 0 aliphatic carbocycles. The molecule has 6 heteroatoms. The summed E-state index contributed by atoms with van der Waals surface area (Å²) >= 11 is 5.84. The molecule has 0 radical (unpaired) electrons. The number of hydrogen-bond acceptors (Lipinski definition) is 3. The second-order valence-corrected chi connectivity index (χ2v) is 4.59. The molecule has 108 valence electrons. The van der Waals surface area contributed by atoms with Crippen molar-refractivity contribution in [1.82, 2.24) is 0 Å². The molecule has 1 amide bonds. The SMILES string of the molecule is COc1ccc(C(=O)Nc2ccc(C(=O)O)c(Cl)c2)cc1. The Hall–Kier alpha value is -2.53. The number of ether oxygens (including phenoxy) is 1. The summed E-state index contributed by atoms with van der Waals surface area (Å²) in [5.41, 5.74) is 0.860. The first-order chi connectivity index (χ1) is 10.0. The third-order valence-corrected chi connectivity index (χ3v) is 3.12. The Morgan fingerprint density at radius 1 is 1.14 bits per heavy atom. The van der Waals surface area contributed by atoms with Crippen LogP contribution in [0.3, 0.4) is 0 Å². The molecule has 2 N–H and O–H groups in total. The highest BCUT2D eigenvalue weighted by molar-refractivity contribution is 6.33. The summed E-state index contributed by atoms with van der Waals surface area (Å²) in [5, 5.41) is 11.6. The fourth-order valence-electron chi connectivity index (χ4n) is 1.71. The number of carboxylic acids is 1. The number of carboxylic acid groups (broad SMARTS) is 1. The lowest BCUT2D eigenvalue weighted by atomic mass is 10.1. The zero-order valence-electron chi connectivity index (χ0n) is 11.1. The first kappa shape index (κ1) is 14.9. The van der Waals surface area contributed by atoms with Crippen LogP contribution in [0.2, 0.25) is 5.02 Å². The van der Waals surface area contributed by atoms with E-state index in [-0.39, 0.29) is 16.5 Å². The minimum Gasteiger partial charge on any atom is -0.497 e. The zero-order chi connectivity index (χ0) is 15.4. The number of carbonyl (C=O) groups excluding carboxylic acids is 1. The Kier molecular flexibility index (Phi) is 4.45. The van der Waals surface area contributed by atoms with Crippen molar-refractivity contribution in [2.75, 3.05) is 12.4 Å². The molecule has 5 nitrogen and oxygen atoms in total. The van der Waals surface area contributed by atoms with Gasteiger partial charge in [0.05, 0.1) is 17.7 Å². The molecule has 0 saturated carbocycles. The molecule has 0 aliphatic rings. The van der Waals surface area contributed by atoms with Gasteiger partial charge in [0.1, 0.15) is 5.75 Å². The van der Waals surface area contributed by atoms with Gasteiger partial charge in [-0.15, -0.1) is 0 Å². The van der Waals surface area contributed by atoms with Gasteiger partial charge in [-0.05, 0) is 42.5 Å². The maximum Gasteiger partial charge on any atom is 0.337 e. The van der Waals surface area contributed by atoms with Gasteiger partial charge in [-0.2, -0.15) is 0 Å². The smallest absolute Gasteiger partial charge is 0.337 e. The summed E-state index contributed by atoms with van der Waals surface area (Å²) in [4.78, 5) is 22.9. The van der Waals surface area contributed by atoms with Gasteiger partial charge in [0, 0.05) is 11.3 Å². The second kappa shape index (κ2) is 6.28. The van der Waals surface area contributed by atoms with Gasteiger partial charge in [0.2, 0.25) is 0 Å². The zero-order valence-corrected chi connectivity index (χ0v) is 11.8. The number of hydrogen-bond donors (Lipinski definition) is 2.